The predicted molar refractivity (Wildman–Crippen MR) is 139 cm³/mol. The normalized spacial score (nSPS) is 14.2. The van der Waals surface area contributed by atoms with Gasteiger partial charge in [0.15, 0.2) is 9.84 Å². The number of fused-ring (bicyclic) bond motifs is 1. The van der Waals surface area contributed by atoms with Gasteiger partial charge in [-0.1, -0.05) is 42.1 Å². The number of nitrogens with zero attached hydrogens (tertiary/aromatic N) is 3. The molecule has 37 heavy (non-hydrogen) atoms. The fourth-order valence-electron chi connectivity index (χ4n) is 3.84. The Hall–Kier alpha value is -4.16. The molecule has 5 rings (SSSR count). The maximum Gasteiger partial charge on any atom is 0.262 e. The van der Waals surface area contributed by atoms with Crippen LogP contribution in [0.3, 0.4) is 0 Å². The summed E-state index contributed by atoms with van der Waals surface area (Å²) in [7, 11) is -0.814. The Morgan fingerprint density at radius 3 is 2.38 bits per heavy atom. The molecule has 1 aromatic heterocycles. The van der Waals surface area contributed by atoms with Crippen LogP contribution in [0.5, 0.6) is 11.5 Å². The fraction of sp³-hybridized carbons (Fsp3) is 0.120. The largest absolute Gasteiger partial charge is 0.496 e. The first-order chi connectivity index (χ1) is 17.9. The molecule has 0 atom stereocenters. The van der Waals surface area contributed by atoms with Gasteiger partial charge in [-0.2, -0.15) is 5.21 Å². The summed E-state index contributed by atoms with van der Waals surface area (Å²) in [5, 5.41) is 16.7. The Balaban J connectivity index is 1.38. The van der Waals surface area contributed by atoms with Gasteiger partial charge in [-0.25, -0.2) is 8.42 Å². The van der Waals surface area contributed by atoms with Crippen LogP contribution in [-0.4, -0.2) is 49.2 Å². The van der Waals surface area contributed by atoms with Gasteiger partial charge in [0.25, 0.3) is 5.91 Å². The van der Waals surface area contributed by atoms with Gasteiger partial charge in [0.2, 0.25) is 5.82 Å². The van der Waals surface area contributed by atoms with Crippen LogP contribution in [-0.2, 0) is 20.4 Å². The number of sulfone groups is 1. The third kappa shape index (κ3) is 5.06. The molecule has 12 heteroatoms. The zero-order valence-corrected chi connectivity index (χ0v) is 21.4. The van der Waals surface area contributed by atoms with E-state index < -0.39 is 9.84 Å². The quantitative estimate of drug-likeness (QED) is 0.337. The van der Waals surface area contributed by atoms with Crippen molar-refractivity contribution in [3.63, 3.8) is 0 Å². The van der Waals surface area contributed by atoms with Crippen molar-refractivity contribution < 1.29 is 22.7 Å². The minimum Gasteiger partial charge on any atom is -0.496 e. The number of ether oxygens (including phenoxy) is 2. The van der Waals surface area contributed by atoms with Crippen LogP contribution in [0, 0.1) is 0 Å². The highest BCUT2D eigenvalue weighted by Gasteiger charge is 2.26. The third-order valence-corrected chi connectivity index (χ3v) is 8.42. The number of H-pyrrole nitrogens is 1. The van der Waals surface area contributed by atoms with E-state index in [9.17, 15) is 13.2 Å². The maximum absolute atomic E-state index is 13.3. The second kappa shape index (κ2) is 10.1. The lowest BCUT2D eigenvalue weighted by Crippen LogP contribution is -2.18. The number of carbonyl (C=O) groups is 1. The number of hydrogen-bond acceptors (Lipinski definition) is 9. The van der Waals surface area contributed by atoms with Crippen LogP contribution < -0.4 is 14.8 Å². The summed E-state index contributed by atoms with van der Waals surface area (Å²) < 4.78 is 37.2. The summed E-state index contributed by atoms with van der Waals surface area (Å²) in [5.74, 6) is 0.689. The molecule has 0 aliphatic carbocycles. The molecule has 4 aromatic rings. The molecule has 10 nitrogen and oxygen atoms in total. The second-order valence-corrected chi connectivity index (χ2v) is 11.1. The molecular formula is C25H21N5O5S2. The van der Waals surface area contributed by atoms with Crippen molar-refractivity contribution in [1.29, 1.82) is 0 Å². The predicted octanol–water partition coefficient (Wildman–Crippen LogP) is 3.94. The van der Waals surface area contributed by atoms with Crippen molar-refractivity contribution in [2.24, 2.45) is 0 Å². The monoisotopic (exact) mass is 535 g/mol. The standard InChI is InChI=1S/C25H21N5O5S2/c1-34-20-4-3-5-21(35-2)18(20)14-37(32,33)17-10-11-22-19(13-17)26-25(31)23(36-22)12-15-6-8-16(9-7-15)24-27-29-30-28-24/h3-13H,14H2,1-2H3,(H,26,31)(H,27,28,29,30)/b23-12+. The molecule has 1 aliphatic rings. The van der Waals surface area contributed by atoms with E-state index in [4.69, 9.17) is 9.47 Å². The highest BCUT2D eigenvalue weighted by molar-refractivity contribution is 8.04. The molecular weight excluding hydrogens is 514 g/mol. The van der Waals surface area contributed by atoms with Crippen LogP contribution in [0.2, 0.25) is 0 Å². The topological polar surface area (TPSA) is 136 Å². The lowest BCUT2D eigenvalue weighted by Gasteiger charge is -2.20. The van der Waals surface area contributed by atoms with Crippen LogP contribution in [0.25, 0.3) is 17.5 Å². The van der Waals surface area contributed by atoms with Gasteiger partial charge >= 0.3 is 0 Å². The molecule has 0 saturated heterocycles. The molecule has 1 amide bonds. The van der Waals surface area contributed by atoms with E-state index in [0.29, 0.717) is 33.5 Å². The number of tetrazole rings is 1. The van der Waals surface area contributed by atoms with Gasteiger partial charge < -0.3 is 14.8 Å². The summed E-state index contributed by atoms with van der Waals surface area (Å²) in [6.45, 7) is 0. The lowest BCUT2D eigenvalue weighted by molar-refractivity contribution is -0.112. The molecule has 0 unspecified atom stereocenters. The highest BCUT2D eigenvalue weighted by atomic mass is 32.2. The number of amides is 1. The van der Waals surface area contributed by atoms with Gasteiger partial charge in [0, 0.05) is 10.5 Å². The number of aromatic amines is 1. The van der Waals surface area contributed by atoms with Crippen molar-refractivity contribution >= 4 is 39.3 Å². The molecule has 3 aromatic carbocycles. The van der Waals surface area contributed by atoms with Crippen molar-refractivity contribution in [1.82, 2.24) is 20.6 Å². The molecule has 0 spiro atoms. The number of anilines is 1. The van der Waals surface area contributed by atoms with Crippen LogP contribution in [0.1, 0.15) is 11.1 Å². The average Bonchev–Trinajstić information content (AvgIpc) is 3.44. The number of rotatable bonds is 7. The Bertz CT molecular complexity index is 1580. The first-order valence-corrected chi connectivity index (χ1v) is 13.5. The minimum absolute atomic E-state index is 0.0876. The number of hydrogen-bond donors (Lipinski definition) is 2. The number of methoxy groups -OCH3 is 2. The number of aromatic nitrogens is 4. The minimum atomic E-state index is -3.77. The smallest absolute Gasteiger partial charge is 0.262 e. The summed E-state index contributed by atoms with van der Waals surface area (Å²) in [5.41, 5.74) is 2.48. The van der Waals surface area contributed by atoms with E-state index in [2.05, 4.69) is 25.9 Å². The number of thioether (sulfide) groups is 1. The molecule has 1 aliphatic heterocycles. The molecule has 2 N–H and O–H groups in total. The maximum atomic E-state index is 13.3. The van der Waals surface area contributed by atoms with E-state index in [0.717, 1.165) is 16.0 Å². The molecule has 188 valence electrons. The van der Waals surface area contributed by atoms with E-state index in [-0.39, 0.29) is 16.6 Å². The van der Waals surface area contributed by atoms with Gasteiger partial charge in [0.1, 0.15) is 11.5 Å². The zero-order chi connectivity index (χ0) is 26.0. The van der Waals surface area contributed by atoms with Gasteiger partial charge in [-0.3, -0.25) is 4.79 Å². The van der Waals surface area contributed by atoms with Gasteiger partial charge in [-0.05, 0) is 47.2 Å². The van der Waals surface area contributed by atoms with Crippen LogP contribution in [0.15, 0.2) is 75.4 Å². The van der Waals surface area contributed by atoms with Gasteiger partial charge in [-0.15, -0.1) is 10.2 Å². The number of nitrogens with one attached hydrogen (secondary N) is 2. The Kier molecular flexibility index (Phi) is 6.68. The first-order valence-electron chi connectivity index (χ1n) is 11.0. The van der Waals surface area contributed by atoms with E-state index in [1.807, 2.05) is 24.3 Å². The molecule has 0 saturated carbocycles. The van der Waals surface area contributed by atoms with E-state index in [1.165, 1.54) is 38.1 Å². The first kappa shape index (κ1) is 24.5. The van der Waals surface area contributed by atoms with Crippen molar-refractivity contribution in [2.45, 2.75) is 15.5 Å². The molecule has 0 fully saturated rings. The van der Waals surface area contributed by atoms with Gasteiger partial charge in [0.05, 0.1) is 41.0 Å². The highest BCUT2D eigenvalue weighted by Crippen LogP contribution is 2.41. The molecule has 0 bridgehead atoms. The Morgan fingerprint density at radius 1 is 1.00 bits per heavy atom. The summed E-state index contributed by atoms with van der Waals surface area (Å²) in [6.07, 6.45) is 1.77. The zero-order valence-electron chi connectivity index (χ0n) is 19.8. The Labute approximate surface area is 217 Å². The molecule has 0 radical (unpaired) electrons. The number of carbonyl (C=O) groups excluding carboxylic acids is 1. The lowest BCUT2D eigenvalue weighted by atomic mass is 10.1. The SMILES string of the molecule is COc1cccc(OC)c1CS(=O)(=O)c1ccc2c(c1)NC(=O)/C(=C\c1ccc(-c3nn[nH]n3)cc1)S2. The Morgan fingerprint density at radius 2 is 1.73 bits per heavy atom. The fourth-order valence-corrected chi connectivity index (χ4v) is 6.18. The number of benzene rings is 3. The second-order valence-electron chi connectivity index (χ2n) is 7.98. The summed E-state index contributed by atoms with van der Waals surface area (Å²) in [6, 6.07) is 17.2. The van der Waals surface area contributed by atoms with Crippen LogP contribution in [0.4, 0.5) is 5.69 Å². The van der Waals surface area contributed by atoms with Crippen molar-refractivity contribution in [2.75, 3.05) is 19.5 Å². The van der Waals surface area contributed by atoms with E-state index in [1.54, 1.807) is 30.3 Å². The molecule has 2 heterocycles. The third-order valence-electron chi connectivity index (χ3n) is 5.68. The summed E-state index contributed by atoms with van der Waals surface area (Å²) in [4.78, 5) is 14.1. The average molecular weight is 536 g/mol. The van der Waals surface area contributed by atoms with Crippen LogP contribution >= 0.6 is 11.8 Å². The van der Waals surface area contributed by atoms with Crippen molar-refractivity contribution in [3.8, 4) is 22.9 Å². The van der Waals surface area contributed by atoms with Crippen molar-refractivity contribution in [3.05, 3.63) is 76.7 Å². The van der Waals surface area contributed by atoms with E-state index >= 15 is 0 Å². The summed E-state index contributed by atoms with van der Waals surface area (Å²) >= 11 is 1.27.